The summed E-state index contributed by atoms with van der Waals surface area (Å²) in [4.78, 5) is 22.8. The summed E-state index contributed by atoms with van der Waals surface area (Å²) < 4.78 is 1.69. The van der Waals surface area contributed by atoms with E-state index in [-0.39, 0.29) is 5.91 Å². The molecule has 6 heteroatoms. The number of hydrogen-bond acceptors (Lipinski definition) is 4. The smallest absolute Gasteiger partial charge is 0.259 e. The minimum absolute atomic E-state index is 0.0795. The van der Waals surface area contributed by atoms with Crippen molar-refractivity contribution in [1.82, 2.24) is 24.4 Å². The highest BCUT2D eigenvalue weighted by Crippen LogP contribution is 2.47. The predicted molar refractivity (Wildman–Crippen MR) is 105 cm³/mol. The number of nitrogens with zero attached hydrogens (tertiary/aromatic N) is 5. The number of piperidine rings is 3. The highest BCUT2D eigenvalue weighted by atomic mass is 16.2. The van der Waals surface area contributed by atoms with Gasteiger partial charge in [0.1, 0.15) is 5.56 Å². The summed E-state index contributed by atoms with van der Waals surface area (Å²) in [5.74, 6) is 1.05. The summed E-state index contributed by atoms with van der Waals surface area (Å²) in [7, 11) is 0. The minimum Gasteiger partial charge on any atom is -0.333 e. The van der Waals surface area contributed by atoms with Crippen molar-refractivity contribution in [3.8, 4) is 0 Å². The van der Waals surface area contributed by atoms with Gasteiger partial charge >= 0.3 is 0 Å². The van der Waals surface area contributed by atoms with E-state index in [2.05, 4.69) is 50.2 Å². The highest BCUT2D eigenvalue weighted by Gasteiger charge is 2.54. The lowest BCUT2D eigenvalue weighted by Crippen LogP contribution is -2.60. The van der Waals surface area contributed by atoms with E-state index in [9.17, 15) is 4.79 Å². The first kappa shape index (κ1) is 16.2. The number of carbonyl (C=O) groups excluding carboxylic acids is 1. The second kappa shape index (κ2) is 6.14. The van der Waals surface area contributed by atoms with Crippen molar-refractivity contribution in [2.45, 2.75) is 30.8 Å². The number of rotatable bonds is 2. The van der Waals surface area contributed by atoms with Gasteiger partial charge in [0.2, 0.25) is 0 Å². The molecule has 0 saturated carbocycles. The van der Waals surface area contributed by atoms with Crippen molar-refractivity contribution in [1.29, 1.82) is 0 Å². The van der Waals surface area contributed by atoms with E-state index in [1.54, 1.807) is 16.9 Å². The van der Waals surface area contributed by atoms with E-state index in [4.69, 9.17) is 0 Å². The van der Waals surface area contributed by atoms with Crippen LogP contribution in [0.4, 0.5) is 0 Å². The van der Waals surface area contributed by atoms with Crippen molar-refractivity contribution in [2.75, 3.05) is 19.6 Å². The first-order chi connectivity index (χ1) is 13.8. The molecule has 6 nitrogen and oxygen atoms in total. The molecule has 0 N–H and O–H groups in total. The number of aromatic nitrogens is 3. The van der Waals surface area contributed by atoms with Crippen molar-refractivity contribution in [2.24, 2.45) is 5.92 Å². The van der Waals surface area contributed by atoms with Crippen LogP contribution in [0.1, 0.15) is 34.7 Å². The van der Waals surface area contributed by atoms with E-state index < -0.39 is 0 Å². The lowest BCUT2D eigenvalue weighted by atomic mass is 9.75. The molecule has 0 radical (unpaired) electrons. The molecule has 2 bridgehead atoms. The molecule has 4 aliphatic rings. The van der Waals surface area contributed by atoms with Gasteiger partial charge in [-0.05, 0) is 43.5 Å². The molecule has 28 heavy (non-hydrogen) atoms. The van der Waals surface area contributed by atoms with Gasteiger partial charge in [0, 0.05) is 30.9 Å². The fourth-order valence-corrected chi connectivity index (χ4v) is 5.78. The molecule has 0 spiro atoms. The molecule has 1 amide bonds. The van der Waals surface area contributed by atoms with Crippen LogP contribution < -0.4 is 0 Å². The monoisotopic (exact) mass is 373 g/mol. The number of hydrogen-bond donors (Lipinski definition) is 0. The predicted octanol–water partition coefficient (Wildman–Crippen LogP) is 2.43. The number of amides is 1. The standard InChI is InChI=1S/C22H23N5O/c28-22(17-13-24-27-10-4-9-23-21(17)27)26-14-18(15-5-2-1-3-6-15)20-19(26)16-7-11-25(20)12-8-16/h1-6,9-10,13,16,18-20H,7-8,11-12,14H2/t18-,19-,20-/m1/s1. The molecule has 0 unspecified atom stereocenters. The largest absolute Gasteiger partial charge is 0.333 e. The van der Waals surface area contributed by atoms with Gasteiger partial charge in [0.15, 0.2) is 5.65 Å². The molecule has 4 saturated heterocycles. The molecule has 6 heterocycles. The Balaban J connectivity index is 1.42. The van der Waals surface area contributed by atoms with Crippen LogP contribution in [0.15, 0.2) is 55.0 Å². The van der Waals surface area contributed by atoms with Crippen LogP contribution in [0.5, 0.6) is 0 Å². The Hall–Kier alpha value is -2.73. The van der Waals surface area contributed by atoms with Gasteiger partial charge < -0.3 is 4.90 Å². The van der Waals surface area contributed by atoms with Gasteiger partial charge in [0.25, 0.3) is 5.91 Å². The third-order valence-corrected chi connectivity index (χ3v) is 6.99. The van der Waals surface area contributed by atoms with Crippen LogP contribution in [-0.2, 0) is 0 Å². The number of carbonyl (C=O) groups is 1. The van der Waals surface area contributed by atoms with Crippen LogP contribution in [0.2, 0.25) is 0 Å². The molecule has 2 aromatic heterocycles. The van der Waals surface area contributed by atoms with E-state index in [1.807, 2.05) is 12.3 Å². The third kappa shape index (κ3) is 2.27. The van der Waals surface area contributed by atoms with Gasteiger partial charge in [-0.3, -0.25) is 9.69 Å². The first-order valence-corrected chi connectivity index (χ1v) is 10.2. The Bertz CT molecular complexity index is 1020. The van der Waals surface area contributed by atoms with E-state index in [0.717, 1.165) is 19.6 Å². The van der Waals surface area contributed by atoms with Crippen molar-refractivity contribution < 1.29 is 4.79 Å². The molecule has 4 fully saturated rings. The molecular formula is C22H23N5O. The van der Waals surface area contributed by atoms with Gasteiger partial charge in [-0.25, -0.2) is 9.50 Å². The lowest BCUT2D eigenvalue weighted by molar-refractivity contribution is -0.00335. The Morgan fingerprint density at radius 3 is 2.68 bits per heavy atom. The zero-order valence-electron chi connectivity index (χ0n) is 15.7. The normalized spacial score (nSPS) is 31.3. The lowest BCUT2D eigenvalue weighted by Gasteiger charge is -2.51. The molecule has 3 atom stereocenters. The van der Waals surface area contributed by atoms with E-state index >= 15 is 0 Å². The van der Waals surface area contributed by atoms with Gasteiger partial charge in [-0.15, -0.1) is 0 Å². The van der Waals surface area contributed by atoms with Gasteiger partial charge in [0.05, 0.1) is 12.2 Å². The summed E-state index contributed by atoms with van der Waals surface area (Å²) in [5.41, 5.74) is 2.61. The van der Waals surface area contributed by atoms with E-state index in [1.165, 1.54) is 18.4 Å². The Morgan fingerprint density at radius 1 is 1.04 bits per heavy atom. The zero-order valence-corrected chi connectivity index (χ0v) is 15.7. The SMILES string of the molecule is O=C(c1cnn2cccnc12)N1C[C@H](c2ccccc2)[C@@H]2[C@H]1C1CCN2CC1. The fourth-order valence-electron chi connectivity index (χ4n) is 5.78. The summed E-state index contributed by atoms with van der Waals surface area (Å²) in [6.07, 6.45) is 7.63. The number of likely N-dealkylation sites (tertiary alicyclic amines) is 1. The molecule has 142 valence electrons. The van der Waals surface area contributed by atoms with Crippen molar-refractivity contribution >= 4 is 11.6 Å². The zero-order chi connectivity index (χ0) is 18.7. The fraction of sp³-hybridized carbons (Fsp3) is 0.409. The van der Waals surface area contributed by atoms with Crippen LogP contribution in [0, 0.1) is 5.92 Å². The maximum atomic E-state index is 13.6. The Kier molecular flexibility index (Phi) is 3.56. The molecule has 0 aliphatic carbocycles. The Labute approximate surface area is 163 Å². The molecular weight excluding hydrogens is 350 g/mol. The minimum atomic E-state index is 0.0795. The number of fused-ring (bicyclic) bond motifs is 3. The molecule has 4 aliphatic heterocycles. The second-order valence-corrected chi connectivity index (χ2v) is 8.28. The van der Waals surface area contributed by atoms with Gasteiger partial charge in [-0.1, -0.05) is 30.3 Å². The van der Waals surface area contributed by atoms with Crippen molar-refractivity contribution in [3.63, 3.8) is 0 Å². The van der Waals surface area contributed by atoms with Crippen LogP contribution in [0.3, 0.4) is 0 Å². The number of benzene rings is 1. The highest BCUT2D eigenvalue weighted by molar-refractivity contribution is 6.00. The van der Waals surface area contributed by atoms with Crippen molar-refractivity contribution in [3.05, 3.63) is 66.1 Å². The van der Waals surface area contributed by atoms with Gasteiger partial charge in [-0.2, -0.15) is 5.10 Å². The summed E-state index contributed by atoms with van der Waals surface area (Å²) in [6.45, 7) is 3.10. The third-order valence-electron chi connectivity index (χ3n) is 6.99. The van der Waals surface area contributed by atoms with Crippen LogP contribution >= 0.6 is 0 Å². The summed E-state index contributed by atoms with van der Waals surface area (Å²) in [5, 5.41) is 4.34. The van der Waals surface area contributed by atoms with Crippen LogP contribution in [-0.4, -0.2) is 62.0 Å². The van der Waals surface area contributed by atoms with Crippen LogP contribution in [0.25, 0.3) is 5.65 Å². The quantitative estimate of drug-likeness (QED) is 0.692. The first-order valence-electron chi connectivity index (χ1n) is 10.2. The maximum Gasteiger partial charge on any atom is 0.259 e. The molecule has 1 aromatic carbocycles. The van der Waals surface area contributed by atoms with E-state index in [0.29, 0.717) is 35.1 Å². The Morgan fingerprint density at radius 2 is 1.86 bits per heavy atom. The summed E-state index contributed by atoms with van der Waals surface area (Å²) in [6, 6.07) is 13.3. The second-order valence-electron chi connectivity index (χ2n) is 8.28. The molecule has 7 rings (SSSR count). The average molecular weight is 373 g/mol. The molecule has 3 aromatic rings. The maximum absolute atomic E-state index is 13.6. The summed E-state index contributed by atoms with van der Waals surface area (Å²) >= 11 is 0. The average Bonchev–Trinajstić information content (AvgIpc) is 3.38. The topological polar surface area (TPSA) is 53.7 Å².